The maximum absolute atomic E-state index is 9.19. The van der Waals surface area contributed by atoms with Crippen molar-refractivity contribution in [3.8, 4) is 0 Å². The van der Waals surface area contributed by atoms with Crippen molar-refractivity contribution >= 4 is 0 Å². The van der Waals surface area contributed by atoms with E-state index in [0.29, 0.717) is 5.92 Å². The molecule has 0 aliphatic rings. The lowest BCUT2D eigenvalue weighted by Gasteiger charge is -2.18. The summed E-state index contributed by atoms with van der Waals surface area (Å²) in [6.07, 6.45) is 1.86. The molecule has 2 heteroatoms. The zero-order chi connectivity index (χ0) is 9.84. The third-order valence-corrected chi connectivity index (χ3v) is 2.36. The van der Waals surface area contributed by atoms with Crippen molar-refractivity contribution in [3.63, 3.8) is 0 Å². The summed E-state index contributed by atoms with van der Waals surface area (Å²) in [5, 5.41) is 9.19. The van der Waals surface area contributed by atoms with Crippen molar-refractivity contribution in [2.45, 2.75) is 26.7 Å². The second-order valence-electron chi connectivity index (χ2n) is 3.77. The monoisotopic (exact) mass is 179 g/mol. The normalized spacial score (nSPS) is 13.3. The number of aliphatic hydroxyl groups excluding tert-OH is 1. The van der Waals surface area contributed by atoms with E-state index in [1.54, 1.807) is 0 Å². The van der Waals surface area contributed by atoms with Crippen LogP contribution in [0.25, 0.3) is 0 Å². The van der Waals surface area contributed by atoms with Gasteiger partial charge in [0.05, 0.1) is 6.61 Å². The summed E-state index contributed by atoms with van der Waals surface area (Å²) in [5.74, 6) is 0.669. The Labute approximate surface area is 79.6 Å². The van der Waals surface area contributed by atoms with Gasteiger partial charge in [0.15, 0.2) is 0 Å². The van der Waals surface area contributed by atoms with Crippen LogP contribution in [0, 0.1) is 12.8 Å². The van der Waals surface area contributed by atoms with E-state index in [4.69, 9.17) is 0 Å². The molecule has 0 aromatic carbocycles. The fraction of sp³-hybridized carbons (Fsp3) is 0.545. The molecule has 0 bridgehead atoms. The molecule has 72 valence electrons. The molecule has 0 saturated carbocycles. The Morgan fingerprint density at radius 2 is 2.08 bits per heavy atom. The fourth-order valence-corrected chi connectivity index (χ4v) is 1.40. The van der Waals surface area contributed by atoms with Crippen molar-refractivity contribution in [2.75, 3.05) is 6.61 Å². The van der Waals surface area contributed by atoms with Crippen molar-refractivity contribution in [1.29, 1.82) is 0 Å². The zero-order valence-corrected chi connectivity index (χ0v) is 8.49. The molecule has 0 saturated heterocycles. The van der Waals surface area contributed by atoms with E-state index in [1.807, 2.05) is 25.3 Å². The third-order valence-electron chi connectivity index (χ3n) is 2.36. The molecule has 0 amide bonds. The number of pyridine rings is 1. The van der Waals surface area contributed by atoms with Gasteiger partial charge in [-0.2, -0.15) is 0 Å². The van der Waals surface area contributed by atoms with Gasteiger partial charge in [-0.05, 0) is 24.5 Å². The van der Waals surface area contributed by atoms with Gasteiger partial charge < -0.3 is 5.11 Å². The molecule has 13 heavy (non-hydrogen) atoms. The Balaban J connectivity index is 2.86. The minimum absolute atomic E-state index is 0.197. The van der Waals surface area contributed by atoms with Crippen LogP contribution in [0.1, 0.15) is 31.0 Å². The van der Waals surface area contributed by atoms with Gasteiger partial charge in [0.25, 0.3) is 0 Å². The molecule has 0 aliphatic carbocycles. The lowest BCUT2D eigenvalue weighted by atomic mass is 9.90. The lowest BCUT2D eigenvalue weighted by molar-refractivity contribution is 0.237. The van der Waals surface area contributed by atoms with E-state index in [9.17, 15) is 5.11 Å². The van der Waals surface area contributed by atoms with Crippen LogP contribution in [0.15, 0.2) is 18.3 Å². The quantitative estimate of drug-likeness (QED) is 0.771. The Kier molecular flexibility index (Phi) is 3.43. The smallest absolute Gasteiger partial charge is 0.0502 e. The molecule has 1 aromatic heterocycles. The molecule has 2 nitrogen and oxygen atoms in total. The number of rotatable bonds is 3. The summed E-state index contributed by atoms with van der Waals surface area (Å²) >= 11 is 0. The molecule has 1 atom stereocenters. The van der Waals surface area contributed by atoms with Crippen LogP contribution in [0.3, 0.4) is 0 Å². The molecule has 1 rings (SSSR count). The fourth-order valence-electron chi connectivity index (χ4n) is 1.40. The van der Waals surface area contributed by atoms with Crippen LogP contribution < -0.4 is 0 Å². The van der Waals surface area contributed by atoms with E-state index in [2.05, 4.69) is 18.8 Å². The van der Waals surface area contributed by atoms with Crippen molar-refractivity contribution in [3.05, 3.63) is 29.6 Å². The van der Waals surface area contributed by atoms with Crippen molar-refractivity contribution in [1.82, 2.24) is 4.98 Å². The molecule has 0 spiro atoms. The molecule has 0 radical (unpaired) electrons. The first-order valence-corrected chi connectivity index (χ1v) is 4.68. The van der Waals surface area contributed by atoms with Crippen LogP contribution in [0.5, 0.6) is 0 Å². The average Bonchev–Trinajstić information content (AvgIpc) is 2.09. The second kappa shape index (κ2) is 4.38. The highest BCUT2D eigenvalue weighted by Crippen LogP contribution is 2.22. The largest absolute Gasteiger partial charge is 0.396 e. The van der Waals surface area contributed by atoms with Crippen LogP contribution in [0.2, 0.25) is 0 Å². The van der Waals surface area contributed by atoms with E-state index in [-0.39, 0.29) is 12.5 Å². The Morgan fingerprint density at radius 3 is 2.46 bits per heavy atom. The van der Waals surface area contributed by atoms with E-state index < -0.39 is 0 Å². The first kappa shape index (κ1) is 10.2. The minimum atomic E-state index is 0.197. The summed E-state index contributed by atoms with van der Waals surface area (Å²) in [4.78, 5) is 4.22. The van der Waals surface area contributed by atoms with Crippen LogP contribution >= 0.6 is 0 Å². The van der Waals surface area contributed by atoms with Crippen molar-refractivity contribution < 1.29 is 5.11 Å². The Bertz CT molecular complexity index is 253. The number of aliphatic hydroxyl groups is 1. The van der Waals surface area contributed by atoms with Crippen molar-refractivity contribution in [2.24, 2.45) is 5.92 Å². The van der Waals surface area contributed by atoms with Gasteiger partial charge in [0, 0.05) is 17.8 Å². The maximum Gasteiger partial charge on any atom is 0.0502 e. The summed E-state index contributed by atoms with van der Waals surface area (Å²) in [6.45, 7) is 6.39. The van der Waals surface area contributed by atoms with E-state index in [0.717, 1.165) is 11.3 Å². The number of hydrogen-bond acceptors (Lipinski definition) is 2. The molecule has 0 aliphatic heterocycles. The third kappa shape index (κ3) is 2.52. The highest BCUT2D eigenvalue weighted by atomic mass is 16.3. The lowest BCUT2D eigenvalue weighted by Crippen LogP contribution is -2.11. The Hall–Kier alpha value is -0.890. The van der Waals surface area contributed by atoms with Gasteiger partial charge in [-0.15, -0.1) is 0 Å². The first-order chi connectivity index (χ1) is 6.15. The zero-order valence-electron chi connectivity index (χ0n) is 8.49. The second-order valence-corrected chi connectivity index (χ2v) is 3.77. The topological polar surface area (TPSA) is 33.1 Å². The maximum atomic E-state index is 9.19. The highest BCUT2D eigenvalue weighted by molar-refractivity contribution is 5.18. The predicted octanol–water partition coefficient (Wildman–Crippen LogP) is 2.12. The van der Waals surface area contributed by atoms with Gasteiger partial charge in [0.1, 0.15) is 0 Å². The van der Waals surface area contributed by atoms with Crippen LogP contribution in [-0.4, -0.2) is 16.7 Å². The summed E-state index contributed by atoms with van der Waals surface area (Å²) < 4.78 is 0. The number of nitrogens with zero attached hydrogens (tertiary/aromatic N) is 1. The average molecular weight is 179 g/mol. The minimum Gasteiger partial charge on any atom is -0.396 e. The van der Waals surface area contributed by atoms with E-state index in [1.165, 1.54) is 0 Å². The SMILES string of the molecule is Cc1ccc([C@@H](CO)C(C)C)cn1. The van der Waals surface area contributed by atoms with Gasteiger partial charge in [-0.3, -0.25) is 4.98 Å². The van der Waals surface area contributed by atoms with Gasteiger partial charge in [0.2, 0.25) is 0 Å². The molecule has 1 N–H and O–H groups in total. The van der Waals surface area contributed by atoms with Gasteiger partial charge >= 0.3 is 0 Å². The molecule has 1 aromatic rings. The summed E-state index contributed by atoms with van der Waals surface area (Å²) in [6, 6.07) is 4.03. The highest BCUT2D eigenvalue weighted by Gasteiger charge is 2.14. The standard InChI is InChI=1S/C11H17NO/c1-8(2)11(7-13)10-5-4-9(3)12-6-10/h4-6,8,11,13H,7H2,1-3H3/t11-/m0/s1. The number of aryl methyl sites for hydroxylation is 1. The molecule has 0 fully saturated rings. The first-order valence-electron chi connectivity index (χ1n) is 4.68. The molecular formula is C11H17NO. The predicted molar refractivity (Wildman–Crippen MR) is 53.6 cm³/mol. The van der Waals surface area contributed by atoms with Gasteiger partial charge in [-0.25, -0.2) is 0 Å². The summed E-state index contributed by atoms with van der Waals surface area (Å²) in [7, 11) is 0. The molecule has 0 unspecified atom stereocenters. The van der Waals surface area contributed by atoms with Crippen LogP contribution in [0.4, 0.5) is 0 Å². The molecular weight excluding hydrogens is 162 g/mol. The molecule has 1 heterocycles. The number of hydrogen-bond donors (Lipinski definition) is 1. The van der Waals surface area contributed by atoms with Crippen LogP contribution in [-0.2, 0) is 0 Å². The van der Waals surface area contributed by atoms with E-state index >= 15 is 0 Å². The van der Waals surface area contributed by atoms with Gasteiger partial charge in [-0.1, -0.05) is 19.9 Å². The Morgan fingerprint density at radius 1 is 1.38 bits per heavy atom. The summed E-state index contributed by atoms with van der Waals surface area (Å²) in [5.41, 5.74) is 2.15. The number of aromatic nitrogens is 1.